The van der Waals surface area contributed by atoms with Crippen LogP contribution in [0.3, 0.4) is 0 Å². The number of fused-ring (bicyclic) bond motifs is 1. The highest BCUT2D eigenvalue weighted by Crippen LogP contribution is 2.22. The predicted molar refractivity (Wildman–Crippen MR) is 96.8 cm³/mol. The van der Waals surface area contributed by atoms with Crippen molar-refractivity contribution in [2.45, 2.75) is 25.5 Å². The van der Waals surface area contributed by atoms with Crippen LogP contribution >= 0.6 is 0 Å². The van der Waals surface area contributed by atoms with Gasteiger partial charge in [-0.15, -0.1) is 0 Å². The van der Waals surface area contributed by atoms with Gasteiger partial charge in [-0.1, -0.05) is 0 Å². The largest absolute Gasteiger partial charge is 0.379 e. The third kappa shape index (κ3) is 3.86. The molecule has 6 heteroatoms. The summed E-state index contributed by atoms with van der Waals surface area (Å²) in [6.45, 7) is 6.37. The first kappa shape index (κ1) is 16.6. The molecule has 4 rings (SSSR count). The lowest BCUT2D eigenvalue weighted by Crippen LogP contribution is -2.38. The van der Waals surface area contributed by atoms with Crippen molar-refractivity contribution in [1.82, 2.24) is 9.47 Å². The van der Waals surface area contributed by atoms with Gasteiger partial charge in [-0.25, -0.2) is 0 Å². The average molecular weight is 343 g/mol. The number of aromatic nitrogens is 1. The molecule has 0 bridgehead atoms. The van der Waals surface area contributed by atoms with Gasteiger partial charge in [-0.3, -0.25) is 9.69 Å². The quantitative estimate of drug-likeness (QED) is 0.903. The fourth-order valence-electron chi connectivity index (χ4n) is 3.55. The highest BCUT2D eigenvalue weighted by atomic mass is 16.5. The molecular weight excluding hydrogens is 318 g/mol. The smallest absolute Gasteiger partial charge is 0.253 e. The highest BCUT2D eigenvalue weighted by molar-refractivity contribution is 5.96. The summed E-state index contributed by atoms with van der Waals surface area (Å²) in [7, 11) is 0. The van der Waals surface area contributed by atoms with E-state index in [0.29, 0.717) is 6.61 Å². The number of benzene rings is 1. The van der Waals surface area contributed by atoms with Crippen LogP contribution in [0.4, 0.5) is 5.69 Å². The van der Waals surface area contributed by atoms with E-state index in [1.165, 1.54) is 5.52 Å². The van der Waals surface area contributed by atoms with Gasteiger partial charge < -0.3 is 19.4 Å². The zero-order valence-electron chi connectivity index (χ0n) is 14.4. The molecule has 0 radical (unpaired) electrons. The SMILES string of the molecule is O=C(Nc1ccc2c(ccn2CCN2CCOCC2)c1)[C@H]1CCCO1. The van der Waals surface area contributed by atoms with Crippen LogP contribution in [0.2, 0.25) is 0 Å². The Balaban J connectivity index is 1.40. The van der Waals surface area contributed by atoms with Gasteiger partial charge in [0.25, 0.3) is 5.91 Å². The van der Waals surface area contributed by atoms with Crippen molar-refractivity contribution in [1.29, 1.82) is 0 Å². The van der Waals surface area contributed by atoms with Gasteiger partial charge in [-0.05, 0) is 37.1 Å². The molecule has 2 aliphatic heterocycles. The standard InChI is InChI=1S/C19H25N3O3/c23-19(18-2-1-11-25-18)20-16-3-4-17-15(14-16)5-6-22(17)8-7-21-9-12-24-13-10-21/h3-6,14,18H,1-2,7-13H2,(H,20,23)/t18-/m1/s1. The van der Waals surface area contributed by atoms with Crippen LogP contribution in [0.15, 0.2) is 30.5 Å². The summed E-state index contributed by atoms with van der Waals surface area (Å²) in [5, 5.41) is 4.12. The summed E-state index contributed by atoms with van der Waals surface area (Å²) < 4.78 is 13.1. The minimum Gasteiger partial charge on any atom is -0.379 e. The predicted octanol–water partition coefficient (Wildman–Crippen LogP) is 2.09. The Morgan fingerprint density at radius 2 is 2.04 bits per heavy atom. The molecule has 2 saturated heterocycles. The molecule has 0 unspecified atom stereocenters. The number of anilines is 1. The second-order valence-electron chi connectivity index (χ2n) is 6.73. The van der Waals surface area contributed by atoms with Crippen molar-refractivity contribution in [2.24, 2.45) is 0 Å². The summed E-state index contributed by atoms with van der Waals surface area (Å²) in [5.74, 6) is -0.0383. The molecule has 1 aromatic heterocycles. The number of hydrogen-bond donors (Lipinski definition) is 1. The van der Waals surface area contributed by atoms with E-state index in [4.69, 9.17) is 9.47 Å². The molecule has 1 N–H and O–H groups in total. The number of morpholine rings is 1. The monoisotopic (exact) mass is 343 g/mol. The fraction of sp³-hybridized carbons (Fsp3) is 0.526. The van der Waals surface area contributed by atoms with Crippen LogP contribution in [0, 0.1) is 0 Å². The summed E-state index contributed by atoms with van der Waals surface area (Å²) in [6, 6.07) is 8.20. The van der Waals surface area contributed by atoms with E-state index in [2.05, 4.69) is 33.1 Å². The Morgan fingerprint density at radius 1 is 1.16 bits per heavy atom. The van der Waals surface area contributed by atoms with E-state index in [9.17, 15) is 4.79 Å². The fourth-order valence-corrected chi connectivity index (χ4v) is 3.55. The summed E-state index contributed by atoms with van der Waals surface area (Å²) in [5.41, 5.74) is 2.03. The zero-order valence-corrected chi connectivity index (χ0v) is 14.4. The Kier molecular flexibility index (Phi) is 5.01. The first-order valence-electron chi connectivity index (χ1n) is 9.11. The number of hydrogen-bond acceptors (Lipinski definition) is 4. The highest BCUT2D eigenvalue weighted by Gasteiger charge is 2.23. The van der Waals surface area contributed by atoms with Crippen LogP contribution in [0.1, 0.15) is 12.8 Å². The molecule has 6 nitrogen and oxygen atoms in total. The topological polar surface area (TPSA) is 55.7 Å². The molecule has 1 aromatic carbocycles. The maximum atomic E-state index is 12.2. The lowest BCUT2D eigenvalue weighted by molar-refractivity contribution is -0.124. The van der Waals surface area contributed by atoms with E-state index in [-0.39, 0.29) is 12.0 Å². The van der Waals surface area contributed by atoms with Gasteiger partial charge in [0, 0.05) is 55.6 Å². The van der Waals surface area contributed by atoms with E-state index in [1.54, 1.807) is 0 Å². The van der Waals surface area contributed by atoms with Crippen LogP contribution in [-0.2, 0) is 20.8 Å². The number of nitrogens with one attached hydrogen (secondary N) is 1. The van der Waals surface area contributed by atoms with Crippen molar-refractivity contribution in [2.75, 3.05) is 44.8 Å². The van der Waals surface area contributed by atoms with Gasteiger partial charge in [0.05, 0.1) is 13.2 Å². The first-order chi connectivity index (χ1) is 12.3. The first-order valence-corrected chi connectivity index (χ1v) is 9.11. The van der Waals surface area contributed by atoms with Crippen LogP contribution in [0.5, 0.6) is 0 Å². The number of nitrogens with zero attached hydrogens (tertiary/aromatic N) is 2. The molecular formula is C19H25N3O3. The van der Waals surface area contributed by atoms with Crippen LogP contribution in [-0.4, -0.2) is 60.9 Å². The molecule has 0 spiro atoms. The van der Waals surface area contributed by atoms with Gasteiger partial charge >= 0.3 is 0 Å². The minimum atomic E-state index is -0.297. The maximum absolute atomic E-state index is 12.2. The van der Waals surface area contributed by atoms with Crippen LogP contribution in [0.25, 0.3) is 10.9 Å². The van der Waals surface area contributed by atoms with Crippen molar-refractivity contribution in [3.8, 4) is 0 Å². The minimum absolute atomic E-state index is 0.0383. The van der Waals surface area contributed by atoms with Crippen molar-refractivity contribution < 1.29 is 14.3 Å². The molecule has 3 heterocycles. The van der Waals surface area contributed by atoms with E-state index < -0.39 is 0 Å². The third-order valence-corrected chi connectivity index (χ3v) is 5.02. The zero-order chi connectivity index (χ0) is 17.1. The number of carbonyl (C=O) groups excluding carboxylic acids is 1. The molecule has 0 aliphatic carbocycles. The number of rotatable bonds is 5. The molecule has 2 fully saturated rings. The summed E-state index contributed by atoms with van der Waals surface area (Å²) >= 11 is 0. The molecule has 134 valence electrons. The van der Waals surface area contributed by atoms with Gasteiger partial charge in [0.2, 0.25) is 0 Å². The second kappa shape index (κ2) is 7.56. The normalized spacial score (nSPS) is 21.7. The Bertz CT molecular complexity index is 731. The third-order valence-electron chi connectivity index (χ3n) is 5.02. The summed E-state index contributed by atoms with van der Waals surface area (Å²) in [6.07, 6.45) is 3.60. The van der Waals surface area contributed by atoms with E-state index in [0.717, 1.165) is 63.3 Å². The van der Waals surface area contributed by atoms with Crippen LogP contribution < -0.4 is 5.32 Å². The van der Waals surface area contributed by atoms with Gasteiger partial charge in [0.15, 0.2) is 0 Å². The second-order valence-corrected chi connectivity index (χ2v) is 6.73. The van der Waals surface area contributed by atoms with Crippen molar-refractivity contribution in [3.05, 3.63) is 30.5 Å². The van der Waals surface area contributed by atoms with Crippen molar-refractivity contribution >= 4 is 22.5 Å². The van der Waals surface area contributed by atoms with E-state index >= 15 is 0 Å². The number of amides is 1. The van der Waals surface area contributed by atoms with E-state index in [1.807, 2.05) is 12.1 Å². The molecule has 2 aromatic rings. The molecule has 1 atom stereocenters. The Morgan fingerprint density at radius 3 is 2.84 bits per heavy atom. The van der Waals surface area contributed by atoms with Crippen molar-refractivity contribution in [3.63, 3.8) is 0 Å². The molecule has 25 heavy (non-hydrogen) atoms. The van der Waals surface area contributed by atoms with Gasteiger partial charge in [-0.2, -0.15) is 0 Å². The molecule has 0 saturated carbocycles. The maximum Gasteiger partial charge on any atom is 0.253 e. The number of ether oxygens (including phenoxy) is 2. The summed E-state index contributed by atoms with van der Waals surface area (Å²) in [4.78, 5) is 14.6. The average Bonchev–Trinajstić information content (AvgIpc) is 3.31. The number of carbonyl (C=O) groups is 1. The molecule has 2 aliphatic rings. The Labute approximate surface area is 147 Å². The molecule has 1 amide bonds. The van der Waals surface area contributed by atoms with Gasteiger partial charge in [0.1, 0.15) is 6.10 Å². The lowest BCUT2D eigenvalue weighted by atomic mass is 10.2. The lowest BCUT2D eigenvalue weighted by Gasteiger charge is -2.26. The Hall–Kier alpha value is -1.89.